The van der Waals surface area contributed by atoms with Crippen molar-refractivity contribution >= 4 is 24.0 Å². The van der Waals surface area contributed by atoms with Crippen LogP contribution in [-0.2, 0) is 9.53 Å². The van der Waals surface area contributed by atoms with Crippen LogP contribution in [0.3, 0.4) is 0 Å². The molecule has 0 atom stereocenters. The van der Waals surface area contributed by atoms with E-state index in [4.69, 9.17) is 0 Å². The van der Waals surface area contributed by atoms with E-state index < -0.39 is 5.97 Å². The zero-order valence-electron chi connectivity index (χ0n) is 8.47. The van der Waals surface area contributed by atoms with Gasteiger partial charge in [0, 0.05) is 0 Å². The third kappa shape index (κ3) is 2.66. The molecule has 1 rings (SSSR count). The lowest BCUT2D eigenvalue weighted by Gasteiger charge is -2.07. The molecule has 0 aliphatic carbocycles. The summed E-state index contributed by atoms with van der Waals surface area (Å²) in [5.74, 6) is -0.924. The Morgan fingerprint density at radius 3 is 2.62 bits per heavy atom. The van der Waals surface area contributed by atoms with Crippen molar-refractivity contribution in [3.8, 4) is 11.5 Å². The predicted octanol–water partition coefficient (Wildman–Crippen LogP) is 1.18. The van der Waals surface area contributed by atoms with Crippen LogP contribution < -0.4 is 0 Å². The van der Waals surface area contributed by atoms with Crippen LogP contribution in [0.1, 0.15) is 10.4 Å². The summed E-state index contributed by atoms with van der Waals surface area (Å²) in [5, 5.41) is 18.9. The molecule has 86 valence electrons. The van der Waals surface area contributed by atoms with E-state index >= 15 is 0 Å². The Kier molecular flexibility index (Phi) is 4.19. The lowest BCUT2D eigenvalue weighted by Crippen LogP contribution is -2.03. The number of aromatic hydroxyl groups is 2. The SMILES string of the molecule is COC(=O)CSc1c(O)ccc(O)c1C=O. The van der Waals surface area contributed by atoms with E-state index in [2.05, 4.69) is 4.74 Å². The van der Waals surface area contributed by atoms with Gasteiger partial charge >= 0.3 is 5.97 Å². The van der Waals surface area contributed by atoms with Crippen LogP contribution in [0.25, 0.3) is 0 Å². The number of aldehydes is 1. The number of esters is 1. The Bertz CT molecular complexity index is 416. The van der Waals surface area contributed by atoms with Gasteiger partial charge in [-0.15, -0.1) is 11.8 Å². The highest BCUT2D eigenvalue weighted by Crippen LogP contribution is 2.35. The van der Waals surface area contributed by atoms with E-state index in [0.717, 1.165) is 11.8 Å². The van der Waals surface area contributed by atoms with Crippen LogP contribution in [0.2, 0.25) is 0 Å². The minimum atomic E-state index is -0.482. The van der Waals surface area contributed by atoms with Gasteiger partial charge in [-0.1, -0.05) is 0 Å². The number of ether oxygens (including phenoxy) is 1. The van der Waals surface area contributed by atoms with Crippen molar-refractivity contribution < 1.29 is 24.5 Å². The van der Waals surface area contributed by atoms with Gasteiger partial charge in [0.05, 0.1) is 23.3 Å². The second-order valence-electron chi connectivity index (χ2n) is 2.83. The molecule has 0 fully saturated rings. The summed E-state index contributed by atoms with van der Waals surface area (Å²) in [7, 11) is 1.24. The van der Waals surface area contributed by atoms with E-state index in [9.17, 15) is 19.8 Å². The van der Waals surface area contributed by atoms with Crippen LogP contribution >= 0.6 is 11.8 Å². The minimum absolute atomic E-state index is 0.0334. The fourth-order valence-corrected chi connectivity index (χ4v) is 1.94. The third-order valence-corrected chi connectivity index (χ3v) is 2.93. The summed E-state index contributed by atoms with van der Waals surface area (Å²) in [4.78, 5) is 21.8. The van der Waals surface area contributed by atoms with E-state index in [-0.39, 0.29) is 27.7 Å². The molecule has 0 unspecified atom stereocenters. The van der Waals surface area contributed by atoms with Crippen molar-refractivity contribution in [3.05, 3.63) is 17.7 Å². The van der Waals surface area contributed by atoms with Crippen LogP contribution in [-0.4, -0.2) is 35.3 Å². The lowest BCUT2D eigenvalue weighted by molar-refractivity contribution is -0.137. The molecular formula is C10H10O5S. The molecule has 5 nitrogen and oxygen atoms in total. The van der Waals surface area contributed by atoms with Crippen molar-refractivity contribution in [1.82, 2.24) is 0 Å². The summed E-state index contributed by atoms with van der Waals surface area (Å²) >= 11 is 0.929. The Balaban J connectivity index is 2.97. The molecule has 0 spiro atoms. The first-order chi connectivity index (χ1) is 7.60. The zero-order chi connectivity index (χ0) is 12.1. The average Bonchev–Trinajstić information content (AvgIpc) is 2.29. The number of hydrogen-bond acceptors (Lipinski definition) is 6. The molecule has 2 N–H and O–H groups in total. The molecule has 16 heavy (non-hydrogen) atoms. The maximum Gasteiger partial charge on any atom is 0.315 e. The molecular weight excluding hydrogens is 232 g/mol. The van der Waals surface area contributed by atoms with Crippen molar-refractivity contribution in [2.75, 3.05) is 12.9 Å². The molecule has 0 aliphatic heterocycles. The number of hydrogen-bond donors (Lipinski definition) is 2. The Hall–Kier alpha value is -1.69. The second-order valence-corrected chi connectivity index (χ2v) is 3.81. The maximum absolute atomic E-state index is 10.9. The van der Waals surface area contributed by atoms with Gasteiger partial charge < -0.3 is 14.9 Å². The fourth-order valence-electron chi connectivity index (χ4n) is 1.03. The molecule has 0 radical (unpaired) electrons. The smallest absolute Gasteiger partial charge is 0.315 e. The summed E-state index contributed by atoms with van der Waals surface area (Å²) < 4.78 is 4.42. The first-order valence-corrected chi connectivity index (χ1v) is 5.28. The third-order valence-electron chi connectivity index (χ3n) is 1.83. The van der Waals surface area contributed by atoms with Crippen molar-refractivity contribution in [2.24, 2.45) is 0 Å². The monoisotopic (exact) mass is 242 g/mol. The number of phenols is 2. The molecule has 0 amide bonds. The van der Waals surface area contributed by atoms with E-state index in [0.29, 0.717) is 6.29 Å². The van der Waals surface area contributed by atoms with E-state index in [1.807, 2.05) is 0 Å². The van der Waals surface area contributed by atoms with Gasteiger partial charge in [0.25, 0.3) is 0 Å². The quantitative estimate of drug-likeness (QED) is 0.357. The number of rotatable bonds is 4. The molecule has 1 aromatic carbocycles. The highest BCUT2D eigenvalue weighted by Gasteiger charge is 2.14. The molecule has 0 aromatic heterocycles. The maximum atomic E-state index is 10.9. The van der Waals surface area contributed by atoms with E-state index in [1.54, 1.807) is 0 Å². The zero-order valence-corrected chi connectivity index (χ0v) is 9.28. The van der Waals surface area contributed by atoms with Crippen molar-refractivity contribution in [2.45, 2.75) is 4.90 Å². The van der Waals surface area contributed by atoms with Crippen LogP contribution in [0.15, 0.2) is 17.0 Å². The van der Waals surface area contributed by atoms with Crippen LogP contribution in [0.5, 0.6) is 11.5 Å². The highest BCUT2D eigenvalue weighted by molar-refractivity contribution is 8.00. The van der Waals surface area contributed by atoms with Gasteiger partial charge in [0.1, 0.15) is 11.5 Å². The molecule has 0 heterocycles. The van der Waals surface area contributed by atoms with Crippen molar-refractivity contribution in [3.63, 3.8) is 0 Å². The standard InChI is InChI=1S/C10H10O5S/c1-15-9(14)5-16-10-6(4-11)7(12)2-3-8(10)13/h2-4,12-13H,5H2,1H3. The Labute approximate surface area is 96.0 Å². The number of carbonyl (C=O) groups excluding carboxylic acids is 2. The topological polar surface area (TPSA) is 83.8 Å². The summed E-state index contributed by atoms with van der Waals surface area (Å²) in [6.45, 7) is 0. The van der Waals surface area contributed by atoms with Gasteiger partial charge in [0.2, 0.25) is 0 Å². The molecule has 0 saturated carbocycles. The van der Waals surface area contributed by atoms with Crippen LogP contribution in [0, 0.1) is 0 Å². The lowest BCUT2D eigenvalue weighted by atomic mass is 10.2. The Morgan fingerprint density at radius 1 is 1.44 bits per heavy atom. The van der Waals surface area contributed by atoms with Gasteiger partial charge in [0.15, 0.2) is 6.29 Å². The molecule has 0 aliphatic rings. The van der Waals surface area contributed by atoms with Crippen molar-refractivity contribution in [1.29, 1.82) is 0 Å². The number of benzene rings is 1. The summed E-state index contributed by atoms with van der Waals surface area (Å²) in [5.41, 5.74) is -0.0334. The Morgan fingerprint density at radius 2 is 2.06 bits per heavy atom. The average molecular weight is 242 g/mol. The number of thioether (sulfide) groups is 1. The molecule has 6 heteroatoms. The largest absolute Gasteiger partial charge is 0.507 e. The van der Waals surface area contributed by atoms with Gasteiger partial charge in [-0.25, -0.2) is 0 Å². The van der Waals surface area contributed by atoms with Crippen LogP contribution in [0.4, 0.5) is 0 Å². The number of methoxy groups -OCH3 is 1. The fraction of sp³-hybridized carbons (Fsp3) is 0.200. The van der Waals surface area contributed by atoms with Gasteiger partial charge in [-0.3, -0.25) is 9.59 Å². The number of phenolic OH excluding ortho intramolecular Hbond substituents is 2. The summed E-state index contributed by atoms with van der Waals surface area (Å²) in [6.07, 6.45) is 0.425. The molecule has 0 bridgehead atoms. The molecule has 1 aromatic rings. The number of carbonyl (C=O) groups is 2. The minimum Gasteiger partial charge on any atom is -0.507 e. The van der Waals surface area contributed by atoms with E-state index in [1.165, 1.54) is 19.2 Å². The first-order valence-electron chi connectivity index (χ1n) is 4.30. The second kappa shape index (κ2) is 5.41. The normalized spacial score (nSPS) is 9.81. The first kappa shape index (κ1) is 12.4. The highest BCUT2D eigenvalue weighted by atomic mass is 32.2. The van der Waals surface area contributed by atoms with Gasteiger partial charge in [-0.2, -0.15) is 0 Å². The summed E-state index contributed by atoms with van der Waals surface area (Å²) in [6, 6.07) is 2.46. The predicted molar refractivity (Wildman–Crippen MR) is 57.9 cm³/mol. The molecule has 0 saturated heterocycles. The van der Waals surface area contributed by atoms with Gasteiger partial charge in [-0.05, 0) is 12.1 Å².